The number of ether oxygens (including phenoxy) is 1. The van der Waals surface area contributed by atoms with E-state index in [1.165, 1.54) is 17.3 Å². The number of morpholine rings is 1. The van der Waals surface area contributed by atoms with E-state index in [-0.39, 0.29) is 55.3 Å². The second-order valence-electron chi connectivity index (χ2n) is 9.06. The van der Waals surface area contributed by atoms with Crippen molar-refractivity contribution in [3.05, 3.63) is 12.0 Å². The number of allylic oxidation sites excluding steroid dienone is 1. The van der Waals surface area contributed by atoms with Gasteiger partial charge in [0.05, 0.1) is 25.5 Å². The number of amides is 1. The maximum absolute atomic E-state index is 13.9. The Kier molecular flexibility index (Phi) is 8.76. The fraction of sp³-hybridized carbons (Fsp3) is 0.565. The van der Waals surface area contributed by atoms with Crippen molar-refractivity contribution >= 4 is 47.3 Å². The van der Waals surface area contributed by atoms with Crippen LogP contribution in [0.5, 0.6) is 0 Å². The summed E-state index contributed by atoms with van der Waals surface area (Å²) in [6.07, 6.45) is -1.83. The number of nitrogens with zero attached hydrogens (tertiary/aromatic N) is 9. The van der Waals surface area contributed by atoms with Crippen LogP contribution in [0.1, 0.15) is 12.7 Å². The zero-order valence-corrected chi connectivity index (χ0v) is 21.5. The minimum atomic E-state index is -4.57. The molecule has 0 radical (unpaired) electrons. The smallest absolute Gasteiger partial charge is 0.387 e. The first-order chi connectivity index (χ1) is 18.7. The lowest BCUT2D eigenvalue weighted by Crippen LogP contribution is -2.55. The third kappa shape index (κ3) is 6.34. The Bertz CT molecular complexity index is 1260. The van der Waals surface area contributed by atoms with Crippen molar-refractivity contribution in [2.45, 2.75) is 25.7 Å². The Morgan fingerprint density at radius 1 is 1.21 bits per heavy atom. The Balaban J connectivity index is 1.90. The minimum absolute atomic E-state index is 0.00792. The van der Waals surface area contributed by atoms with Crippen molar-refractivity contribution < 1.29 is 27.8 Å². The van der Waals surface area contributed by atoms with Crippen LogP contribution in [-0.2, 0) is 16.1 Å². The van der Waals surface area contributed by atoms with E-state index in [0.717, 1.165) is 4.57 Å². The monoisotopic (exact) mass is 552 g/mol. The van der Waals surface area contributed by atoms with Crippen LogP contribution < -0.4 is 15.5 Å². The predicted molar refractivity (Wildman–Crippen MR) is 140 cm³/mol. The lowest BCUT2D eigenvalue weighted by Gasteiger charge is -2.40. The third-order valence-electron chi connectivity index (χ3n) is 6.39. The average molecular weight is 553 g/mol. The molecule has 2 aliphatic rings. The van der Waals surface area contributed by atoms with E-state index in [0.29, 0.717) is 37.7 Å². The van der Waals surface area contributed by atoms with E-state index < -0.39 is 25.2 Å². The number of halogens is 3. The highest BCUT2D eigenvalue weighted by Crippen LogP contribution is 2.33. The van der Waals surface area contributed by atoms with Gasteiger partial charge in [-0.3, -0.25) is 19.3 Å². The Labute approximate surface area is 222 Å². The molecule has 2 aromatic heterocycles. The van der Waals surface area contributed by atoms with Crippen LogP contribution in [0.25, 0.3) is 16.7 Å². The van der Waals surface area contributed by atoms with E-state index in [4.69, 9.17) is 10.5 Å². The molecule has 0 unspecified atom stereocenters. The molecular formula is C23H31F3N10O3. The van der Waals surface area contributed by atoms with Gasteiger partial charge in [0.25, 0.3) is 0 Å². The molecule has 0 aromatic carbocycles. The molecule has 39 heavy (non-hydrogen) atoms. The number of imidazole rings is 1. The standard InChI is InChI=1S/C23H31F3N10O3/c1-15-11-34(3-4-35(15)17(38)12-37)22-30-18-20(33-5-7-39-8-6-33)31-19(16(9-28-2)10-29-14-27)32-21(18)36(22)13-23(24,25)26/h9-10,15,37H,2-8,11-14,27H2,1H3/b16-9+,29-10-/t15-/m1/s1. The number of nitrogens with two attached hydrogens (primary N) is 1. The minimum Gasteiger partial charge on any atom is -0.387 e. The number of anilines is 2. The molecule has 2 fully saturated rings. The number of hydrogen-bond acceptors (Lipinski definition) is 11. The van der Waals surface area contributed by atoms with Crippen molar-refractivity contribution in [1.29, 1.82) is 0 Å². The molecule has 4 rings (SSSR count). The summed E-state index contributed by atoms with van der Waals surface area (Å²) in [5, 5.41) is 9.27. The van der Waals surface area contributed by atoms with Crippen LogP contribution in [-0.4, -0.2) is 120 Å². The third-order valence-corrected chi connectivity index (χ3v) is 6.39. The molecule has 2 saturated heterocycles. The first-order valence-corrected chi connectivity index (χ1v) is 12.4. The molecule has 0 aliphatic carbocycles. The van der Waals surface area contributed by atoms with Gasteiger partial charge in [0.2, 0.25) is 11.9 Å². The summed E-state index contributed by atoms with van der Waals surface area (Å²) in [5.41, 5.74) is 6.02. The van der Waals surface area contributed by atoms with Gasteiger partial charge in [-0.1, -0.05) is 0 Å². The van der Waals surface area contributed by atoms with Crippen LogP contribution in [0.2, 0.25) is 0 Å². The first-order valence-electron chi connectivity index (χ1n) is 12.4. The summed E-state index contributed by atoms with van der Waals surface area (Å²) in [7, 11) is 0. The van der Waals surface area contributed by atoms with E-state index >= 15 is 0 Å². The van der Waals surface area contributed by atoms with Crippen molar-refractivity contribution in [1.82, 2.24) is 24.4 Å². The number of aliphatic imine (C=N–C) groups is 2. The number of aromatic nitrogens is 4. The number of hydrogen-bond donors (Lipinski definition) is 2. The normalized spacial score (nSPS) is 19.4. The summed E-state index contributed by atoms with van der Waals surface area (Å²) < 4.78 is 48.2. The molecule has 13 nitrogen and oxygen atoms in total. The number of alkyl halides is 3. The highest BCUT2D eigenvalue weighted by Gasteiger charge is 2.36. The molecule has 0 spiro atoms. The molecule has 0 saturated carbocycles. The molecule has 212 valence electrons. The topological polar surface area (TPSA) is 151 Å². The first kappa shape index (κ1) is 28.4. The number of aliphatic hydroxyl groups is 1. The SMILES string of the molecule is C=N/C=C(\C=N/CN)c1nc(N2CCOCC2)c2nc(N3CCN(C(=O)CO)[C@H](C)C3)n(CC(F)(F)F)c2n1. The molecule has 2 aromatic rings. The number of piperazine rings is 1. The van der Waals surface area contributed by atoms with Crippen LogP contribution in [0.15, 0.2) is 16.2 Å². The zero-order chi connectivity index (χ0) is 28.2. The number of carbonyl (C=O) groups excluding carboxylic acids is 1. The van der Waals surface area contributed by atoms with Gasteiger partial charge < -0.3 is 30.3 Å². The molecule has 16 heteroatoms. The summed E-state index contributed by atoms with van der Waals surface area (Å²) >= 11 is 0. The van der Waals surface area contributed by atoms with Gasteiger partial charge >= 0.3 is 6.18 Å². The summed E-state index contributed by atoms with van der Waals surface area (Å²) in [6, 6.07) is -0.362. The zero-order valence-electron chi connectivity index (χ0n) is 21.5. The second kappa shape index (κ2) is 12.0. The number of carbonyl (C=O) groups is 1. The molecule has 2 aliphatic heterocycles. The highest BCUT2D eigenvalue weighted by molar-refractivity contribution is 6.09. The van der Waals surface area contributed by atoms with Crippen molar-refractivity contribution in [3.63, 3.8) is 0 Å². The number of fused-ring (bicyclic) bond motifs is 1. The second-order valence-corrected chi connectivity index (χ2v) is 9.06. The maximum Gasteiger partial charge on any atom is 0.406 e. The number of aliphatic hydroxyl groups excluding tert-OH is 1. The number of rotatable bonds is 8. The predicted octanol–water partition coefficient (Wildman–Crippen LogP) is 0.283. The molecular weight excluding hydrogens is 521 g/mol. The van der Waals surface area contributed by atoms with E-state index in [9.17, 15) is 23.1 Å². The van der Waals surface area contributed by atoms with Gasteiger partial charge in [0, 0.05) is 51.2 Å². The van der Waals surface area contributed by atoms with Crippen molar-refractivity contribution in [3.8, 4) is 0 Å². The quantitative estimate of drug-likeness (QED) is 0.440. The van der Waals surface area contributed by atoms with E-state index in [1.54, 1.807) is 11.8 Å². The fourth-order valence-electron chi connectivity index (χ4n) is 4.66. The van der Waals surface area contributed by atoms with Crippen molar-refractivity contribution in [2.75, 3.05) is 69.0 Å². The van der Waals surface area contributed by atoms with Crippen LogP contribution >= 0.6 is 0 Å². The molecule has 0 bridgehead atoms. The Hall–Kier alpha value is -3.63. The molecule has 1 amide bonds. The Morgan fingerprint density at radius 3 is 2.56 bits per heavy atom. The summed E-state index contributed by atoms with van der Waals surface area (Å²) in [4.78, 5) is 38.8. The summed E-state index contributed by atoms with van der Waals surface area (Å²) in [6.45, 7) is 5.64. The van der Waals surface area contributed by atoms with Gasteiger partial charge in [-0.15, -0.1) is 0 Å². The van der Waals surface area contributed by atoms with Crippen LogP contribution in [0.3, 0.4) is 0 Å². The van der Waals surface area contributed by atoms with Gasteiger partial charge in [-0.05, 0) is 13.6 Å². The van der Waals surface area contributed by atoms with Crippen LogP contribution in [0, 0.1) is 0 Å². The van der Waals surface area contributed by atoms with Crippen molar-refractivity contribution in [2.24, 2.45) is 15.7 Å². The average Bonchev–Trinajstić information content (AvgIpc) is 3.27. The van der Waals surface area contributed by atoms with E-state index in [1.807, 2.05) is 4.90 Å². The lowest BCUT2D eigenvalue weighted by molar-refractivity contribution is -0.139. The largest absolute Gasteiger partial charge is 0.406 e. The van der Waals surface area contributed by atoms with Gasteiger partial charge in [-0.2, -0.15) is 13.2 Å². The van der Waals surface area contributed by atoms with Gasteiger partial charge in [-0.25, -0.2) is 15.0 Å². The maximum atomic E-state index is 13.9. The molecule has 3 N–H and O–H groups in total. The Morgan fingerprint density at radius 2 is 1.95 bits per heavy atom. The highest BCUT2D eigenvalue weighted by atomic mass is 19.4. The van der Waals surface area contributed by atoms with Gasteiger partial charge in [0.15, 0.2) is 22.8 Å². The van der Waals surface area contributed by atoms with Crippen LogP contribution in [0.4, 0.5) is 24.9 Å². The molecule has 1 atom stereocenters. The van der Waals surface area contributed by atoms with E-state index in [2.05, 4.69) is 31.7 Å². The molecule has 4 heterocycles. The lowest BCUT2D eigenvalue weighted by atomic mass is 10.2. The van der Waals surface area contributed by atoms with Gasteiger partial charge in [0.1, 0.15) is 13.2 Å². The fourth-order valence-corrected chi connectivity index (χ4v) is 4.66. The summed E-state index contributed by atoms with van der Waals surface area (Å²) in [5.74, 6) is 0.0773.